The second-order valence-electron chi connectivity index (χ2n) is 5.80. The lowest BCUT2D eigenvalue weighted by Gasteiger charge is -2.10. The summed E-state index contributed by atoms with van der Waals surface area (Å²) >= 11 is 3.45. The van der Waals surface area contributed by atoms with E-state index in [0.717, 1.165) is 15.7 Å². The van der Waals surface area contributed by atoms with E-state index in [2.05, 4.69) is 26.6 Å². The zero-order valence-corrected chi connectivity index (χ0v) is 16.6. The van der Waals surface area contributed by atoms with Crippen LogP contribution in [0.3, 0.4) is 0 Å². The molecule has 0 aromatic heterocycles. The van der Waals surface area contributed by atoms with Crippen molar-refractivity contribution in [3.05, 3.63) is 58.1 Å². The van der Waals surface area contributed by atoms with E-state index in [9.17, 15) is 9.59 Å². The predicted molar refractivity (Wildman–Crippen MR) is 107 cm³/mol. The second kappa shape index (κ2) is 9.97. The Labute approximate surface area is 162 Å². The third kappa shape index (κ3) is 5.88. The molecule has 0 saturated carbocycles. The Hall–Kier alpha value is -2.34. The minimum Gasteiger partial charge on any atom is -0.493 e. The van der Waals surface area contributed by atoms with Crippen LogP contribution in [-0.4, -0.2) is 25.0 Å². The maximum Gasteiger partial charge on any atom is 0.255 e. The molecule has 138 valence electrons. The minimum atomic E-state index is -0.197. The van der Waals surface area contributed by atoms with Crippen LogP contribution >= 0.6 is 15.9 Å². The largest absolute Gasteiger partial charge is 0.493 e. The maximum absolute atomic E-state index is 12.2. The number of rotatable bonds is 8. The van der Waals surface area contributed by atoms with Gasteiger partial charge >= 0.3 is 0 Å². The topological polar surface area (TPSA) is 67.4 Å². The molecule has 0 bridgehead atoms. The standard InChI is InChI=1S/C20H23BrN2O3/c1-3-26-18-8-5-4-7-16(18)20(25)22-12-6-9-19(24)23-15-11-10-14(2)17(21)13-15/h4-5,7-8,10-11,13H,3,6,9,12H2,1-2H3,(H,22,25)(H,23,24). The van der Waals surface area contributed by atoms with Gasteiger partial charge in [-0.1, -0.05) is 34.1 Å². The van der Waals surface area contributed by atoms with Crippen LogP contribution in [0, 0.1) is 6.92 Å². The molecule has 0 unspecified atom stereocenters. The molecule has 0 saturated heterocycles. The van der Waals surface area contributed by atoms with Crippen molar-refractivity contribution in [2.45, 2.75) is 26.7 Å². The fourth-order valence-electron chi connectivity index (χ4n) is 2.38. The van der Waals surface area contributed by atoms with Crippen molar-refractivity contribution in [3.8, 4) is 5.75 Å². The van der Waals surface area contributed by atoms with Gasteiger partial charge in [-0.3, -0.25) is 9.59 Å². The number of nitrogens with one attached hydrogen (secondary N) is 2. The number of carbonyl (C=O) groups is 2. The van der Waals surface area contributed by atoms with Crippen LogP contribution in [-0.2, 0) is 4.79 Å². The van der Waals surface area contributed by atoms with Gasteiger partial charge in [-0.2, -0.15) is 0 Å². The van der Waals surface area contributed by atoms with Crippen molar-refractivity contribution in [2.75, 3.05) is 18.5 Å². The molecule has 0 atom stereocenters. The fraction of sp³-hybridized carbons (Fsp3) is 0.300. The molecular weight excluding hydrogens is 396 g/mol. The number of carbonyl (C=O) groups excluding carboxylic acids is 2. The van der Waals surface area contributed by atoms with Gasteiger partial charge in [0.1, 0.15) is 5.75 Å². The van der Waals surface area contributed by atoms with Crippen LogP contribution in [0.2, 0.25) is 0 Å². The molecule has 0 heterocycles. The molecule has 6 heteroatoms. The summed E-state index contributed by atoms with van der Waals surface area (Å²) in [5.74, 6) is 0.289. The number of anilines is 1. The Bertz CT molecular complexity index is 777. The number of para-hydroxylation sites is 1. The van der Waals surface area contributed by atoms with Gasteiger partial charge in [0.25, 0.3) is 5.91 Å². The molecule has 0 fully saturated rings. The second-order valence-corrected chi connectivity index (χ2v) is 6.66. The predicted octanol–water partition coefficient (Wildman–Crippen LogP) is 4.30. The van der Waals surface area contributed by atoms with Gasteiger partial charge in [0.15, 0.2) is 0 Å². The number of benzene rings is 2. The van der Waals surface area contributed by atoms with Crippen molar-refractivity contribution in [1.82, 2.24) is 5.32 Å². The lowest BCUT2D eigenvalue weighted by Crippen LogP contribution is -2.26. The highest BCUT2D eigenvalue weighted by Crippen LogP contribution is 2.21. The Balaban J connectivity index is 1.76. The number of aryl methyl sites for hydroxylation is 1. The van der Waals surface area contributed by atoms with E-state index in [1.807, 2.05) is 38.1 Å². The summed E-state index contributed by atoms with van der Waals surface area (Å²) in [5, 5.41) is 5.68. The Morgan fingerprint density at radius 2 is 1.92 bits per heavy atom. The first-order valence-corrected chi connectivity index (χ1v) is 9.36. The Morgan fingerprint density at radius 1 is 1.15 bits per heavy atom. The third-order valence-electron chi connectivity index (χ3n) is 3.75. The molecule has 0 radical (unpaired) electrons. The summed E-state index contributed by atoms with van der Waals surface area (Å²) in [6, 6.07) is 12.8. The number of ether oxygens (including phenoxy) is 1. The number of amides is 2. The van der Waals surface area contributed by atoms with Crippen molar-refractivity contribution < 1.29 is 14.3 Å². The normalized spacial score (nSPS) is 10.3. The van der Waals surface area contributed by atoms with Crippen LogP contribution in [0.1, 0.15) is 35.7 Å². The molecule has 26 heavy (non-hydrogen) atoms. The van der Waals surface area contributed by atoms with Crippen molar-refractivity contribution in [1.29, 1.82) is 0 Å². The summed E-state index contributed by atoms with van der Waals surface area (Å²) in [5.41, 5.74) is 2.36. The van der Waals surface area contributed by atoms with E-state index in [1.165, 1.54) is 0 Å². The first-order valence-electron chi connectivity index (χ1n) is 8.57. The molecule has 2 N–H and O–H groups in total. The molecule has 2 rings (SSSR count). The molecule has 2 aromatic rings. The molecule has 0 aliphatic heterocycles. The van der Waals surface area contributed by atoms with E-state index in [1.54, 1.807) is 18.2 Å². The van der Waals surface area contributed by atoms with Crippen LogP contribution < -0.4 is 15.4 Å². The molecule has 0 aliphatic rings. The summed E-state index contributed by atoms with van der Waals surface area (Å²) < 4.78 is 6.41. The van der Waals surface area contributed by atoms with Crippen LogP contribution in [0.4, 0.5) is 5.69 Å². The van der Waals surface area contributed by atoms with Gasteiger partial charge in [0.05, 0.1) is 12.2 Å². The highest BCUT2D eigenvalue weighted by molar-refractivity contribution is 9.10. The lowest BCUT2D eigenvalue weighted by atomic mass is 10.2. The first kappa shape index (κ1) is 20.0. The van der Waals surface area contributed by atoms with Crippen molar-refractivity contribution in [2.24, 2.45) is 0 Å². The zero-order valence-electron chi connectivity index (χ0n) is 15.0. The summed E-state index contributed by atoms with van der Waals surface area (Å²) in [6.45, 7) is 4.78. The molecule has 0 spiro atoms. The Kier molecular flexibility index (Phi) is 7.66. The van der Waals surface area contributed by atoms with Crippen LogP contribution in [0.25, 0.3) is 0 Å². The van der Waals surface area contributed by atoms with Gasteiger partial charge in [-0.15, -0.1) is 0 Å². The molecule has 5 nitrogen and oxygen atoms in total. The summed E-state index contributed by atoms with van der Waals surface area (Å²) in [4.78, 5) is 24.3. The van der Waals surface area contributed by atoms with Gasteiger partial charge in [-0.25, -0.2) is 0 Å². The fourth-order valence-corrected chi connectivity index (χ4v) is 2.75. The number of hydrogen-bond acceptors (Lipinski definition) is 3. The van der Waals surface area contributed by atoms with E-state index >= 15 is 0 Å². The summed E-state index contributed by atoms with van der Waals surface area (Å²) in [6.07, 6.45) is 0.889. The van der Waals surface area contributed by atoms with Crippen LogP contribution in [0.5, 0.6) is 5.75 Å². The van der Waals surface area contributed by atoms with Gasteiger partial charge < -0.3 is 15.4 Å². The molecular formula is C20H23BrN2O3. The van der Waals surface area contributed by atoms with Gasteiger partial charge in [-0.05, 0) is 50.1 Å². The van der Waals surface area contributed by atoms with Crippen molar-refractivity contribution >= 4 is 33.4 Å². The third-order valence-corrected chi connectivity index (χ3v) is 4.61. The Morgan fingerprint density at radius 3 is 2.65 bits per heavy atom. The quantitative estimate of drug-likeness (QED) is 0.627. The number of hydrogen-bond donors (Lipinski definition) is 2. The van der Waals surface area contributed by atoms with Crippen LogP contribution in [0.15, 0.2) is 46.9 Å². The molecule has 2 aromatic carbocycles. The maximum atomic E-state index is 12.2. The SMILES string of the molecule is CCOc1ccccc1C(=O)NCCCC(=O)Nc1ccc(C)c(Br)c1. The average Bonchev–Trinajstić information content (AvgIpc) is 2.62. The smallest absolute Gasteiger partial charge is 0.255 e. The monoisotopic (exact) mass is 418 g/mol. The molecule has 0 aliphatic carbocycles. The highest BCUT2D eigenvalue weighted by Gasteiger charge is 2.11. The van der Waals surface area contributed by atoms with Gasteiger partial charge in [0.2, 0.25) is 5.91 Å². The minimum absolute atomic E-state index is 0.0790. The molecule has 2 amide bonds. The van der Waals surface area contributed by atoms with E-state index < -0.39 is 0 Å². The lowest BCUT2D eigenvalue weighted by molar-refractivity contribution is -0.116. The van der Waals surface area contributed by atoms with E-state index in [-0.39, 0.29) is 11.8 Å². The average molecular weight is 419 g/mol. The zero-order chi connectivity index (χ0) is 18.9. The summed E-state index contributed by atoms with van der Waals surface area (Å²) in [7, 11) is 0. The first-order chi connectivity index (χ1) is 12.5. The number of halogens is 1. The highest BCUT2D eigenvalue weighted by atomic mass is 79.9. The van der Waals surface area contributed by atoms with Gasteiger partial charge in [0, 0.05) is 23.1 Å². The van der Waals surface area contributed by atoms with E-state index in [0.29, 0.717) is 37.3 Å². The van der Waals surface area contributed by atoms with Crippen molar-refractivity contribution in [3.63, 3.8) is 0 Å². The van der Waals surface area contributed by atoms with E-state index in [4.69, 9.17) is 4.74 Å².